The van der Waals surface area contributed by atoms with Crippen molar-refractivity contribution < 1.29 is 0 Å². The zero-order chi connectivity index (χ0) is 13.7. The van der Waals surface area contributed by atoms with Crippen LogP contribution in [0.2, 0.25) is 0 Å². The minimum absolute atomic E-state index is 0.758. The zero-order valence-electron chi connectivity index (χ0n) is 11.7. The lowest BCUT2D eigenvalue weighted by molar-refractivity contribution is 0.285. The number of aromatic nitrogens is 4. The van der Waals surface area contributed by atoms with Gasteiger partial charge in [0.2, 0.25) is 0 Å². The van der Waals surface area contributed by atoms with Crippen molar-refractivity contribution in [3.05, 3.63) is 30.1 Å². The lowest BCUT2D eigenvalue weighted by Crippen LogP contribution is -2.24. The molecular weight excluding hydrogens is 240 g/mol. The predicted octanol–water partition coefficient (Wildman–Crippen LogP) is 1.55. The largest absolute Gasteiger partial charge is 0.388 e. The van der Waals surface area contributed by atoms with Crippen molar-refractivity contribution in [2.45, 2.75) is 20.4 Å². The van der Waals surface area contributed by atoms with Gasteiger partial charge in [0, 0.05) is 12.7 Å². The molecule has 102 valence electrons. The maximum Gasteiger partial charge on any atom is 0.170 e. The number of tetrazole rings is 1. The van der Waals surface area contributed by atoms with Crippen LogP contribution in [0.5, 0.6) is 0 Å². The van der Waals surface area contributed by atoms with E-state index in [1.165, 1.54) is 0 Å². The van der Waals surface area contributed by atoms with Crippen LogP contribution in [0.4, 0.5) is 5.69 Å². The lowest BCUT2D eigenvalue weighted by Gasteiger charge is -2.17. The molecule has 0 aliphatic rings. The molecule has 0 saturated heterocycles. The number of benzene rings is 1. The Morgan fingerprint density at radius 1 is 1.16 bits per heavy atom. The van der Waals surface area contributed by atoms with Crippen LogP contribution in [-0.2, 0) is 6.54 Å². The van der Waals surface area contributed by atoms with Crippen LogP contribution in [0, 0.1) is 0 Å². The molecule has 19 heavy (non-hydrogen) atoms. The van der Waals surface area contributed by atoms with Gasteiger partial charge in [-0.25, -0.2) is 0 Å². The zero-order valence-corrected chi connectivity index (χ0v) is 11.7. The highest BCUT2D eigenvalue weighted by molar-refractivity contribution is 5.47. The Bertz CT molecular complexity index is 500. The topological polar surface area (TPSA) is 58.9 Å². The molecule has 0 aliphatic carbocycles. The van der Waals surface area contributed by atoms with Crippen LogP contribution in [0.15, 0.2) is 24.3 Å². The summed E-state index contributed by atoms with van der Waals surface area (Å²) in [7, 11) is 1.90. The van der Waals surface area contributed by atoms with Crippen LogP contribution in [-0.4, -0.2) is 45.2 Å². The van der Waals surface area contributed by atoms with Crippen molar-refractivity contribution in [2.24, 2.45) is 0 Å². The molecule has 1 N–H and O–H groups in total. The second kappa shape index (κ2) is 6.29. The monoisotopic (exact) mass is 260 g/mol. The van der Waals surface area contributed by atoms with Gasteiger partial charge in [0.15, 0.2) is 5.82 Å². The predicted molar refractivity (Wildman–Crippen MR) is 75.3 cm³/mol. The lowest BCUT2D eigenvalue weighted by atomic mass is 10.3. The smallest absolute Gasteiger partial charge is 0.170 e. The quantitative estimate of drug-likeness (QED) is 0.854. The molecule has 6 nitrogen and oxygen atoms in total. The average Bonchev–Trinajstić information content (AvgIpc) is 2.93. The molecule has 2 rings (SSSR count). The fourth-order valence-corrected chi connectivity index (χ4v) is 1.92. The first-order chi connectivity index (χ1) is 9.28. The first-order valence-electron chi connectivity index (χ1n) is 6.56. The third kappa shape index (κ3) is 3.08. The van der Waals surface area contributed by atoms with Gasteiger partial charge in [0.05, 0.1) is 12.2 Å². The van der Waals surface area contributed by atoms with Crippen molar-refractivity contribution >= 4 is 5.69 Å². The van der Waals surface area contributed by atoms with E-state index in [0.29, 0.717) is 0 Å². The second-order valence-electron chi connectivity index (χ2n) is 4.27. The number of hydrogen-bond acceptors (Lipinski definition) is 5. The standard InChI is InChI=1S/C13H20N6/c1-4-18(5-2)10-13-15-16-17-19(13)12-8-6-11(14-3)7-9-12/h6-9,14H,4-5,10H2,1-3H3. The fraction of sp³-hybridized carbons (Fsp3) is 0.462. The van der Waals surface area contributed by atoms with Gasteiger partial charge in [-0.1, -0.05) is 13.8 Å². The third-order valence-corrected chi connectivity index (χ3v) is 3.19. The van der Waals surface area contributed by atoms with Crippen LogP contribution in [0.3, 0.4) is 0 Å². The van der Waals surface area contributed by atoms with Gasteiger partial charge < -0.3 is 5.32 Å². The van der Waals surface area contributed by atoms with Gasteiger partial charge in [-0.2, -0.15) is 4.68 Å². The fourth-order valence-electron chi connectivity index (χ4n) is 1.92. The van der Waals surface area contributed by atoms with Gasteiger partial charge in [0.1, 0.15) is 0 Å². The average molecular weight is 260 g/mol. The molecule has 0 spiro atoms. The van der Waals surface area contributed by atoms with Gasteiger partial charge in [0.25, 0.3) is 0 Å². The van der Waals surface area contributed by atoms with E-state index in [-0.39, 0.29) is 0 Å². The molecule has 0 bridgehead atoms. The van der Waals surface area contributed by atoms with Crippen molar-refractivity contribution in [3.8, 4) is 5.69 Å². The van der Waals surface area contributed by atoms with Crippen LogP contribution >= 0.6 is 0 Å². The van der Waals surface area contributed by atoms with E-state index < -0.39 is 0 Å². The molecule has 6 heteroatoms. The summed E-state index contributed by atoms with van der Waals surface area (Å²) in [6.45, 7) is 7.01. The minimum atomic E-state index is 0.758. The third-order valence-electron chi connectivity index (χ3n) is 3.19. The second-order valence-corrected chi connectivity index (χ2v) is 4.27. The Balaban J connectivity index is 2.22. The van der Waals surface area contributed by atoms with Crippen molar-refractivity contribution in [3.63, 3.8) is 0 Å². The summed E-state index contributed by atoms with van der Waals surface area (Å²) in [5.41, 5.74) is 2.05. The molecule has 0 amide bonds. The first-order valence-corrected chi connectivity index (χ1v) is 6.56. The Labute approximate surface area is 113 Å². The van der Waals surface area contributed by atoms with E-state index in [1.807, 2.05) is 31.3 Å². The summed E-state index contributed by atoms with van der Waals surface area (Å²) < 4.78 is 1.79. The number of anilines is 1. The highest BCUT2D eigenvalue weighted by atomic mass is 15.5. The summed E-state index contributed by atoms with van der Waals surface area (Å²) >= 11 is 0. The molecular formula is C13H20N6. The van der Waals surface area contributed by atoms with Crippen molar-refractivity contribution in [1.29, 1.82) is 0 Å². The normalized spacial score (nSPS) is 10.9. The van der Waals surface area contributed by atoms with Crippen molar-refractivity contribution in [1.82, 2.24) is 25.1 Å². The molecule has 0 atom stereocenters. The molecule has 1 aromatic heterocycles. The summed E-state index contributed by atoms with van der Waals surface area (Å²) in [6, 6.07) is 8.04. The van der Waals surface area contributed by atoms with E-state index in [0.717, 1.165) is 36.8 Å². The highest BCUT2D eigenvalue weighted by Crippen LogP contribution is 2.13. The summed E-state index contributed by atoms with van der Waals surface area (Å²) in [5.74, 6) is 0.862. The molecule has 0 aliphatic heterocycles. The number of nitrogens with zero attached hydrogens (tertiary/aromatic N) is 5. The van der Waals surface area contributed by atoms with E-state index in [1.54, 1.807) is 4.68 Å². The Kier molecular flexibility index (Phi) is 4.46. The van der Waals surface area contributed by atoms with Gasteiger partial charge in [-0.3, -0.25) is 4.90 Å². The van der Waals surface area contributed by atoms with E-state index >= 15 is 0 Å². The van der Waals surface area contributed by atoms with E-state index in [2.05, 4.69) is 39.6 Å². The SMILES string of the molecule is CCN(CC)Cc1nnnn1-c1ccc(NC)cc1. The maximum absolute atomic E-state index is 4.12. The molecule has 1 heterocycles. The Hall–Kier alpha value is -1.95. The molecule has 0 unspecified atom stereocenters. The summed E-state index contributed by atoms with van der Waals surface area (Å²) in [4.78, 5) is 2.28. The molecule has 2 aromatic rings. The van der Waals surface area contributed by atoms with Gasteiger partial charge >= 0.3 is 0 Å². The molecule has 0 saturated carbocycles. The van der Waals surface area contributed by atoms with E-state index in [9.17, 15) is 0 Å². The van der Waals surface area contributed by atoms with Gasteiger partial charge in [-0.15, -0.1) is 5.10 Å². The molecule has 0 fully saturated rings. The van der Waals surface area contributed by atoms with Crippen LogP contribution in [0.25, 0.3) is 5.69 Å². The highest BCUT2D eigenvalue weighted by Gasteiger charge is 2.11. The molecule has 1 aromatic carbocycles. The summed E-state index contributed by atoms with van der Waals surface area (Å²) in [6.07, 6.45) is 0. The molecule has 0 radical (unpaired) electrons. The van der Waals surface area contributed by atoms with Crippen molar-refractivity contribution in [2.75, 3.05) is 25.5 Å². The first kappa shape index (κ1) is 13.5. The Morgan fingerprint density at radius 2 is 1.84 bits per heavy atom. The maximum atomic E-state index is 4.12. The summed E-state index contributed by atoms with van der Waals surface area (Å²) in [5, 5.41) is 15.1. The minimum Gasteiger partial charge on any atom is -0.388 e. The van der Waals surface area contributed by atoms with Crippen LogP contribution in [0.1, 0.15) is 19.7 Å². The number of hydrogen-bond donors (Lipinski definition) is 1. The van der Waals surface area contributed by atoms with Crippen LogP contribution < -0.4 is 5.32 Å². The number of nitrogens with one attached hydrogen (secondary N) is 1. The van der Waals surface area contributed by atoms with Gasteiger partial charge in [-0.05, 0) is 47.8 Å². The Morgan fingerprint density at radius 3 is 2.42 bits per heavy atom. The van der Waals surface area contributed by atoms with E-state index in [4.69, 9.17) is 0 Å². The number of rotatable bonds is 6.